The standard InChI is InChI=1S/C20H24FN7O2S/c1-27-20(28-7-2-3-12(22)6-8-28)14(10-24-27)25-18(30)16-17(23)31-19(26-16)13-9-11(21)4-5-15(13)29/h4-5,9-10,12,29H,2-3,6-8,22-23H2,1H3,(H,25,30). The van der Waals surface area contributed by atoms with Gasteiger partial charge in [-0.25, -0.2) is 9.37 Å². The highest BCUT2D eigenvalue weighted by Gasteiger charge is 2.24. The predicted molar refractivity (Wildman–Crippen MR) is 119 cm³/mol. The summed E-state index contributed by atoms with van der Waals surface area (Å²) in [6.07, 6.45) is 4.36. The molecule has 11 heteroatoms. The van der Waals surface area contributed by atoms with E-state index in [-0.39, 0.29) is 33.1 Å². The molecule has 164 valence electrons. The van der Waals surface area contributed by atoms with Crippen molar-refractivity contribution in [3.8, 4) is 16.3 Å². The minimum Gasteiger partial charge on any atom is -0.507 e. The van der Waals surface area contributed by atoms with Gasteiger partial charge in [0.25, 0.3) is 5.91 Å². The van der Waals surface area contributed by atoms with Crippen LogP contribution in [0.25, 0.3) is 10.6 Å². The number of nitrogen functional groups attached to an aromatic ring is 1. The summed E-state index contributed by atoms with van der Waals surface area (Å²) in [4.78, 5) is 19.3. The Labute approximate surface area is 182 Å². The zero-order chi connectivity index (χ0) is 22.1. The number of aryl methyl sites for hydroxylation is 1. The first kappa shape index (κ1) is 21.1. The van der Waals surface area contributed by atoms with E-state index in [0.717, 1.165) is 61.6 Å². The molecule has 0 aliphatic carbocycles. The summed E-state index contributed by atoms with van der Waals surface area (Å²) in [6.45, 7) is 1.59. The first-order valence-corrected chi connectivity index (χ1v) is 10.7. The first-order valence-electron chi connectivity index (χ1n) is 9.92. The SMILES string of the molecule is Cn1ncc(NC(=O)c2nc(-c3cc(F)ccc3O)sc2N)c1N1CCCC(N)CC1. The summed E-state index contributed by atoms with van der Waals surface area (Å²) in [5, 5.41) is 17.6. The van der Waals surface area contributed by atoms with Gasteiger partial charge in [0.2, 0.25) is 0 Å². The van der Waals surface area contributed by atoms with Gasteiger partial charge in [-0.1, -0.05) is 11.3 Å². The van der Waals surface area contributed by atoms with E-state index in [1.54, 1.807) is 10.9 Å². The number of rotatable bonds is 4. The van der Waals surface area contributed by atoms with Crippen molar-refractivity contribution in [2.75, 3.05) is 29.0 Å². The minimum atomic E-state index is -0.523. The number of phenols is 1. The van der Waals surface area contributed by atoms with Gasteiger partial charge in [0.05, 0.1) is 11.8 Å². The fourth-order valence-electron chi connectivity index (χ4n) is 3.70. The molecule has 3 heterocycles. The van der Waals surface area contributed by atoms with Gasteiger partial charge >= 0.3 is 0 Å². The molecule has 1 amide bonds. The molecule has 0 radical (unpaired) electrons. The van der Waals surface area contributed by atoms with Gasteiger partial charge in [-0.3, -0.25) is 9.48 Å². The van der Waals surface area contributed by atoms with Crippen molar-refractivity contribution in [2.24, 2.45) is 12.8 Å². The topological polar surface area (TPSA) is 135 Å². The van der Waals surface area contributed by atoms with E-state index in [0.29, 0.717) is 5.69 Å². The van der Waals surface area contributed by atoms with Crippen LogP contribution in [0.5, 0.6) is 5.75 Å². The number of amides is 1. The van der Waals surface area contributed by atoms with Crippen LogP contribution in [-0.4, -0.2) is 44.9 Å². The largest absolute Gasteiger partial charge is 0.507 e. The van der Waals surface area contributed by atoms with Gasteiger partial charge in [-0.15, -0.1) is 0 Å². The molecule has 0 bridgehead atoms. The average Bonchev–Trinajstić information content (AvgIpc) is 3.21. The van der Waals surface area contributed by atoms with Crippen LogP contribution in [0, 0.1) is 5.82 Å². The number of carbonyl (C=O) groups excluding carboxylic acids is 1. The van der Waals surface area contributed by atoms with Crippen LogP contribution in [0.1, 0.15) is 29.8 Å². The summed E-state index contributed by atoms with van der Waals surface area (Å²) in [6, 6.07) is 3.70. The molecule has 1 fully saturated rings. The molecule has 9 nitrogen and oxygen atoms in total. The Morgan fingerprint density at radius 2 is 2.16 bits per heavy atom. The number of nitrogens with zero attached hydrogens (tertiary/aromatic N) is 4. The molecule has 1 saturated heterocycles. The number of phenolic OH excluding ortho intramolecular Hbond substituents is 1. The fourth-order valence-corrected chi connectivity index (χ4v) is 4.55. The zero-order valence-corrected chi connectivity index (χ0v) is 17.8. The van der Waals surface area contributed by atoms with Crippen molar-refractivity contribution in [3.05, 3.63) is 35.9 Å². The van der Waals surface area contributed by atoms with E-state index in [1.807, 2.05) is 7.05 Å². The summed E-state index contributed by atoms with van der Waals surface area (Å²) < 4.78 is 15.3. The van der Waals surface area contributed by atoms with Gasteiger partial charge < -0.3 is 26.8 Å². The van der Waals surface area contributed by atoms with Crippen LogP contribution >= 0.6 is 11.3 Å². The second-order valence-electron chi connectivity index (χ2n) is 7.53. The van der Waals surface area contributed by atoms with Crippen LogP contribution < -0.4 is 21.7 Å². The zero-order valence-electron chi connectivity index (χ0n) is 17.0. The molecular formula is C20H24FN7O2S. The number of carbonyl (C=O) groups is 1. The van der Waals surface area contributed by atoms with Gasteiger partial charge in [0, 0.05) is 26.2 Å². The van der Waals surface area contributed by atoms with Crippen molar-refractivity contribution in [1.29, 1.82) is 0 Å². The minimum absolute atomic E-state index is 0.0105. The van der Waals surface area contributed by atoms with E-state index in [1.165, 1.54) is 6.07 Å². The van der Waals surface area contributed by atoms with Crippen LogP contribution in [-0.2, 0) is 7.05 Å². The number of nitrogens with two attached hydrogens (primary N) is 2. The molecule has 6 N–H and O–H groups in total. The molecule has 0 spiro atoms. The maximum absolute atomic E-state index is 13.6. The highest BCUT2D eigenvalue weighted by Crippen LogP contribution is 2.36. The van der Waals surface area contributed by atoms with Gasteiger partial charge in [0.15, 0.2) is 11.5 Å². The summed E-state index contributed by atoms with van der Waals surface area (Å²) in [7, 11) is 1.82. The second-order valence-corrected chi connectivity index (χ2v) is 8.56. The Kier molecular flexibility index (Phi) is 5.79. The van der Waals surface area contributed by atoms with Crippen molar-refractivity contribution in [2.45, 2.75) is 25.3 Å². The molecule has 0 saturated carbocycles. The van der Waals surface area contributed by atoms with Crippen molar-refractivity contribution >= 4 is 33.8 Å². The molecule has 3 aromatic rings. The molecule has 1 aromatic carbocycles. The molecule has 1 atom stereocenters. The fraction of sp³-hybridized carbons (Fsp3) is 0.350. The number of aromatic hydroxyl groups is 1. The van der Waals surface area contributed by atoms with E-state index in [4.69, 9.17) is 11.5 Å². The number of benzene rings is 1. The number of thiazole rings is 1. The first-order chi connectivity index (χ1) is 14.8. The molecule has 2 aromatic heterocycles. The molecule has 4 rings (SSSR count). The van der Waals surface area contributed by atoms with Gasteiger partial charge in [-0.2, -0.15) is 5.10 Å². The number of aromatic nitrogens is 3. The van der Waals surface area contributed by atoms with Crippen LogP contribution in [0.2, 0.25) is 0 Å². The number of hydrogen-bond donors (Lipinski definition) is 4. The quantitative estimate of drug-likeness (QED) is 0.485. The van der Waals surface area contributed by atoms with Gasteiger partial charge in [-0.05, 0) is 37.5 Å². The van der Waals surface area contributed by atoms with Crippen molar-refractivity contribution in [3.63, 3.8) is 0 Å². The summed E-state index contributed by atoms with van der Waals surface area (Å²) in [5.41, 5.74) is 12.8. The smallest absolute Gasteiger partial charge is 0.277 e. The van der Waals surface area contributed by atoms with E-state index in [2.05, 4.69) is 20.3 Å². The molecular weight excluding hydrogens is 421 g/mol. The number of hydrogen-bond acceptors (Lipinski definition) is 8. The Hall–Kier alpha value is -3.18. The lowest BCUT2D eigenvalue weighted by molar-refractivity contribution is 0.102. The second kappa shape index (κ2) is 8.52. The molecule has 31 heavy (non-hydrogen) atoms. The van der Waals surface area contributed by atoms with Crippen molar-refractivity contribution < 1.29 is 14.3 Å². The van der Waals surface area contributed by atoms with E-state index >= 15 is 0 Å². The van der Waals surface area contributed by atoms with E-state index in [9.17, 15) is 14.3 Å². The normalized spacial score (nSPS) is 16.9. The van der Waals surface area contributed by atoms with Crippen LogP contribution in [0.15, 0.2) is 24.4 Å². The number of anilines is 3. The Balaban J connectivity index is 1.59. The lowest BCUT2D eigenvalue weighted by Gasteiger charge is -2.24. The maximum Gasteiger partial charge on any atom is 0.277 e. The lowest BCUT2D eigenvalue weighted by Crippen LogP contribution is -2.29. The average molecular weight is 446 g/mol. The number of halogens is 1. The highest BCUT2D eigenvalue weighted by molar-refractivity contribution is 7.19. The highest BCUT2D eigenvalue weighted by atomic mass is 32.1. The molecule has 1 aliphatic rings. The Morgan fingerprint density at radius 3 is 2.97 bits per heavy atom. The van der Waals surface area contributed by atoms with E-state index < -0.39 is 11.7 Å². The summed E-state index contributed by atoms with van der Waals surface area (Å²) >= 11 is 1.00. The Bertz CT molecular complexity index is 1110. The third kappa shape index (κ3) is 4.32. The van der Waals surface area contributed by atoms with Crippen LogP contribution in [0.4, 0.5) is 20.9 Å². The predicted octanol–water partition coefficient (Wildman–Crippen LogP) is 2.54. The van der Waals surface area contributed by atoms with Gasteiger partial charge in [0.1, 0.15) is 27.3 Å². The third-order valence-electron chi connectivity index (χ3n) is 5.29. The lowest BCUT2D eigenvalue weighted by atomic mass is 10.1. The monoisotopic (exact) mass is 445 g/mol. The Morgan fingerprint density at radius 1 is 1.35 bits per heavy atom. The third-order valence-corrected chi connectivity index (χ3v) is 6.20. The number of nitrogens with one attached hydrogen (secondary N) is 1. The molecule has 1 unspecified atom stereocenters. The van der Waals surface area contributed by atoms with Crippen LogP contribution in [0.3, 0.4) is 0 Å². The maximum atomic E-state index is 13.6. The van der Waals surface area contributed by atoms with Crippen molar-refractivity contribution in [1.82, 2.24) is 14.8 Å². The summed E-state index contributed by atoms with van der Waals surface area (Å²) in [5.74, 6) is -0.378. The molecule has 1 aliphatic heterocycles.